The van der Waals surface area contributed by atoms with Gasteiger partial charge in [-0.25, -0.2) is 13.8 Å². The van der Waals surface area contributed by atoms with Crippen molar-refractivity contribution in [2.45, 2.75) is 6.54 Å². The fraction of sp³-hybridized carbons (Fsp3) is 0.0588. The molecule has 3 aromatic rings. The van der Waals surface area contributed by atoms with Gasteiger partial charge in [0.1, 0.15) is 11.6 Å². The van der Waals surface area contributed by atoms with E-state index in [1.807, 2.05) is 0 Å². The highest BCUT2D eigenvalue weighted by Gasteiger charge is 2.08. The highest BCUT2D eigenvalue weighted by atomic mass is 35.5. The predicted octanol–water partition coefficient (Wildman–Crippen LogP) is 3.78. The zero-order valence-corrected chi connectivity index (χ0v) is 13.1. The Morgan fingerprint density at radius 2 is 1.88 bits per heavy atom. The van der Waals surface area contributed by atoms with Crippen LogP contribution in [-0.4, -0.2) is 9.55 Å². The van der Waals surface area contributed by atoms with Gasteiger partial charge in [-0.15, -0.1) is 0 Å². The first-order valence-electron chi connectivity index (χ1n) is 7.06. The molecule has 4 nitrogen and oxygen atoms in total. The van der Waals surface area contributed by atoms with Crippen molar-refractivity contribution in [1.82, 2.24) is 9.55 Å². The van der Waals surface area contributed by atoms with E-state index in [1.165, 1.54) is 47.3 Å². The average molecular weight is 348 g/mol. The predicted molar refractivity (Wildman–Crippen MR) is 88.5 cm³/mol. The summed E-state index contributed by atoms with van der Waals surface area (Å²) in [6.45, 7) is 0.316. The lowest BCUT2D eigenvalue weighted by Gasteiger charge is -2.10. The lowest BCUT2D eigenvalue weighted by atomic mass is 10.2. The van der Waals surface area contributed by atoms with Crippen molar-refractivity contribution in [3.8, 4) is 5.69 Å². The smallest absolute Gasteiger partial charge is 0.297 e. The van der Waals surface area contributed by atoms with Crippen LogP contribution in [0.4, 0.5) is 14.6 Å². The van der Waals surface area contributed by atoms with Gasteiger partial charge in [-0.05, 0) is 35.9 Å². The van der Waals surface area contributed by atoms with Crippen molar-refractivity contribution in [2.24, 2.45) is 0 Å². The van der Waals surface area contributed by atoms with E-state index in [2.05, 4.69) is 10.3 Å². The number of aromatic nitrogens is 2. The van der Waals surface area contributed by atoms with Gasteiger partial charge >= 0.3 is 0 Å². The van der Waals surface area contributed by atoms with Gasteiger partial charge in [0, 0.05) is 18.9 Å². The average Bonchev–Trinajstić information content (AvgIpc) is 2.58. The third kappa shape index (κ3) is 3.44. The molecule has 1 aromatic heterocycles. The Hall–Kier alpha value is -2.73. The molecule has 0 amide bonds. The van der Waals surface area contributed by atoms with Gasteiger partial charge in [0.05, 0.1) is 10.7 Å². The number of nitrogens with zero attached hydrogens (tertiary/aromatic N) is 2. The van der Waals surface area contributed by atoms with Crippen LogP contribution in [0.2, 0.25) is 5.02 Å². The molecule has 0 saturated heterocycles. The van der Waals surface area contributed by atoms with Crippen LogP contribution >= 0.6 is 11.6 Å². The number of hydrogen-bond acceptors (Lipinski definition) is 3. The lowest BCUT2D eigenvalue weighted by Crippen LogP contribution is -2.23. The second-order valence-electron chi connectivity index (χ2n) is 5.03. The van der Waals surface area contributed by atoms with Gasteiger partial charge in [0.25, 0.3) is 5.56 Å². The van der Waals surface area contributed by atoms with E-state index in [4.69, 9.17) is 11.6 Å². The van der Waals surface area contributed by atoms with Crippen molar-refractivity contribution in [3.63, 3.8) is 0 Å². The molecule has 7 heteroatoms. The number of anilines is 1. The van der Waals surface area contributed by atoms with Crippen LogP contribution in [0.1, 0.15) is 5.56 Å². The fourth-order valence-corrected chi connectivity index (χ4v) is 2.33. The molecule has 0 aliphatic carbocycles. The van der Waals surface area contributed by atoms with Gasteiger partial charge in [-0.2, -0.15) is 0 Å². The van der Waals surface area contributed by atoms with Crippen LogP contribution in [0.15, 0.2) is 59.7 Å². The third-order valence-electron chi connectivity index (χ3n) is 3.40. The minimum absolute atomic E-state index is 0.0722. The van der Waals surface area contributed by atoms with Crippen LogP contribution in [0.5, 0.6) is 0 Å². The topological polar surface area (TPSA) is 46.9 Å². The summed E-state index contributed by atoms with van der Waals surface area (Å²) >= 11 is 5.76. The van der Waals surface area contributed by atoms with Crippen molar-refractivity contribution in [1.29, 1.82) is 0 Å². The summed E-state index contributed by atoms with van der Waals surface area (Å²) in [6.07, 6.45) is 2.92. The fourth-order valence-electron chi connectivity index (χ4n) is 2.16. The van der Waals surface area contributed by atoms with E-state index in [0.29, 0.717) is 12.2 Å². The van der Waals surface area contributed by atoms with Crippen LogP contribution in [0.3, 0.4) is 0 Å². The first-order chi connectivity index (χ1) is 11.5. The molecular formula is C17H12ClF2N3O. The number of hydrogen-bond donors (Lipinski definition) is 1. The van der Waals surface area contributed by atoms with Crippen LogP contribution in [0, 0.1) is 11.6 Å². The SMILES string of the molecule is O=c1c(NCc2ccc(F)cc2)nccn1-c1ccc(F)c(Cl)c1. The van der Waals surface area contributed by atoms with E-state index in [0.717, 1.165) is 5.56 Å². The van der Waals surface area contributed by atoms with Gasteiger partial charge in [0.15, 0.2) is 5.82 Å². The first kappa shape index (κ1) is 16.1. The molecule has 0 atom stereocenters. The second-order valence-corrected chi connectivity index (χ2v) is 5.44. The highest BCUT2D eigenvalue weighted by Crippen LogP contribution is 2.18. The van der Waals surface area contributed by atoms with Gasteiger partial charge < -0.3 is 5.32 Å². The molecule has 0 fully saturated rings. The quantitative estimate of drug-likeness (QED) is 0.781. The second kappa shape index (κ2) is 6.80. The minimum Gasteiger partial charge on any atom is -0.361 e. The molecule has 0 unspecified atom stereocenters. The molecule has 0 spiro atoms. The van der Waals surface area contributed by atoms with E-state index < -0.39 is 11.4 Å². The number of rotatable bonds is 4. The molecule has 1 heterocycles. The van der Waals surface area contributed by atoms with Gasteiger partial charge in [-0.3, -0.25) is 9.36 Å². The van der Waals surface area contributed by atoms with Crippen LogP contribution in [0.25, 0.3) is 5.69 Å². The number of benzene rings is 2. The van der Waals surface area contributed by atoms with E-state index in [1.54, 1.807) is 12.1 Å². The molecule has 2 aromatic carbocycles. The maximum absolute atomic E-state index is 13.3. The Bertz CT molecular complexity index is 926. The van der Waals surface area contributed by atoms with E-state index >= 15 is 0 Å². The summed E-state index contributed by atoms with van der Waals surface area (Å²) in [5.41, 5.74) is 0.832. The van der Waals surface area contributed by atoms with Gasteiger partial charge in [-0.1, -0.05) is 23.7 Å². The Kier molecular flexibility index (Phi) is 4.57. The Balaban J connectivity index is 1.86. The molecule has 122 valence electrons. The highest BCUT2D eigenvalue weighted by molar-refractivity contribution is 6.30. The molecular weight excluding hydrogens is 336 g/mol. The molecule has 0 aliphatic heterocycles. The van der Waals surface area contributed by atoms with Crippen molar-refractivity contribution >= 4 is 17.4 Å². The zero-order chi connectivity index (χ0) is 17.1. The maximum atomic E-state index is 13.3. The minimum atomic E-state index is -0.558. The standard InChI is InChI=1S/C17H12ClF2N3O/c18-14-9-13(5-6-15(14)20)23-8-7-21-16(17(23)24)22-10-11-1-3-12(19)4-2-11/h1-9H,10H2,(H,21,22). The Labute approximate surface area is 141 Å². The first-order valence-corrected chi connectivity index (χ1v) is 7.44. The van der Waals surface area contributed by atoms with Crippen molar-refractivity contribution < 1.29 is 8.78 Å². The zero-order valence-electron chi connectivity index (χ0n) is 12.3. The Morgan fingerprint density at radius 3 is 2.58 bits per heavy atom. The van der Waals surface area contributed by atoms with E-state index in [-0.39, 0.29) is 16.7 Å². The van der Waals surface area contributed by atoms with Crippen molar-refractivity contribution in [2.75, 3.05) is 5.32 Å². The summed E-state index contributed by atoms with van der Waals surface area (Å²) in [6, 6.07) is 9.92. The summed E-state index contributed by atoms with van der Waals surface area (Å²) in [5.74, 6) is -0.758. The van der Waals surface area contributed by atoms with Crippen LogP contribution < -0.4 is 10.9 Å². The van der Waals surface area contributed by atoms with Crippen molar-refractivity contribution in [3.05, 3.63) is 87.4 Å². The summed E-state index contributed by atoms with van der Waals surface area (Å²) in [4.78, 5) is 16.5. The maximum Gasteiger partial charge on any atom is 0.297 e. The summed E-state index contributed by atoms with van der Waals surface area (Å²) in [5, 5.41) is 2.84. The molecule has 1 N–H and O–H groups in total. The molecule has 0 aliphatic rings. The molecule has 3 rings (SSSR count). The summed E-state index contributed by atoms with van der Waals surface area (Å²) < 4.78 is 27.5. The molecule has 0 saturated carbocycles. The number of nitrogens with one attached hydrogen (secondary N) is 1. The summed E-state index contributed by atoms with van der Waals surface area (Å²) in [7, 11) is 0. The van der Waals surface area contributed by atoms with E-state index in [9.17, 15) is 13.6 Å². The normalized spacial score (nSPS) is 10.6. The molecule has 0 radical (unpaired) electrons. The monoisotopic (exact) mass is 347 g/mol. The van der Waals surface area contributed by atoms with Crippen LogP contribution in [-0.2, 0) is 6.54 Å². The van der Waals surface area contributed by atoms with Gasteiger partial charge in [0.2, 0.25) is 0 Å². The lowest BCUT2D eigenvalue weighted by molar-refractivity contribution is 0.627. The number of halogens is 3. The third-order valence-corrected chi connectivity index (χ3v) is 3.68. The molecule has 24 heavy (non-hydrogen) atoms. The molecule has 0 bridgehead atoms. The largest absolute Gasteiger partial charge is 0.361 e. The Morgan fingerprint density at radius 1 is 1.12 bits per heavy atom.